The molecular weight excluding hydrogens is 618 g/mol. The van der Waals surface area contributed by atoms with Crippen LogP contribution in [-0.4, -0.2) is 77.8 Å². The van der Waals surface area contributed by atoms with E-state index >= 15 is 0 Å². The molecule has 3 saturated heterocycles. The number of amides is 3. The highest BCUT2D eigenvalue weighted by Gasteiger charge is 2.78. The maximum atomic E-state index is 14.8. The van der Waals surface area contributed by atoms with Gasteiger partial charge in [-0.05, 0) is 75.9 Å². The van der Waals surface area contributed by atoms with E-state index < -0.39 is 29.1 Å². The van der Waals surface area contributed by atoms with Crippen molar-refractivity contribution in [1.82, 2.24) is 4.90 Å². The van der Waals surface area contributed by atoms with E-state index in [9.17, 15) is 19.5 Å². The van der Waals surface area contributed by atoms with E-state index in [-0.39, 0.29) is 37.4 Å². The van der Waals surface area contributed by atoms with Crippen LogP contribution in [0.3, 0.4) is 0 Å². The zero-order chi connectivity index (χ0) is 33.8. The fourth-order valence-electron chi connectivity index (χ4n) is 7.83. The molecule has 0 aromatic heterocycles. The molecular formula is C37H46ClN3O6. The molecule has 10 heteroatoms. The SMILES string of the molecule is C=CCN(C(=O)[C@H]1[C@H]2C(=O)N(CCCCCCO)C(C(=O)N(CC=C)c3ccccc3Cl)C23CC[C@]1(C)O3)c1ccc(OCC)cc1. The number of carbonyl (C=O) groups is 3. The Morgan fingerprint density at radius 1 is 1.02 bits per heavy atom. The summed E-state index contributed by atoms with van der Waals surface area (Å²) in [6.07, 6.45) is 7.21. The number of hydrogen-bond acceptors (Lipinski definition) is 6. The van der Waals surface area contributed by atoms with Crippen LogP contribution in [-0.2, 0) is 19.1 Å². The van der Waals surface area contributed by atoms with Crippen LogP contribution in [0.15, 0.2) is 73.8 Å². The Morgan fingerprint density at radius 3 is 2.36 bits per heavy atom. The highest BCUT2D eigenvalue weighted by Crippen LogP contribution is 2.63. The molecule has 2 bridgehead atoms. The Kier molecular flexibility index (Phi) is 10.8. The molecule has 3 fully saturated rings. The smallest absolute Gasteiger partial charge is 0.253 e. The second kappa shape index (κ2) is 14.6. The second-order valence-electron chi connectivity index (χ2n) is 12.8. The first-order valence-corrected chi connectivity index (χ1v) is 17.0. The molecule has 3 aliphatic rings. The average molecular weight is 664 g/mol. The quantitative estimate of drug-likeness (QED) is 0.180. The first kappa shape index (κ1) is 34.7. The molecule has 5 atom stereocenters. The number of rotatable bonds is 16. The number of para-hydroxylation sites is 1. The highest BCUT2D eigenvalue weighted by atomic mass is 35.5. The van der Waals surface area contributed by atoms with Crippen molar-refractivity contribution < 1.29 is 29.0 Å². The van der Waals surface area contributed by atoms with Gasteiger partial charge in [-0.25, -0.2) is 0 Å². The van der Waals surface area contributed by atoms with Crippen LogP contribution in [0.2, 0.25) is 5.02 Å². The number of likely N-dealkylation sites (tertiary alicyclic amines) is 1. The van der Waals surface area contributed by atoms with Gasteiger partial charge >= 0.3 is 0 Å². The van der Waals surface area contributed by atoms with Crippen LogP contribution in [0.25, 0.3) is 0 Å². The molecule has 0 aliphatic carbocycles. The van der Waals surface area contributed by atoms with Gasteiger partial charge in [0.25, 0.3) is 5.91 Å². The van der Waals surface area contributed by atoms with Gasteiger partial charge in [-0.2, -0.15) is 0 Å². The predicted molar refractivity (Wildman–Crippen MR) is 184 cm³/mol. The molecule has 1 spiro atoms. The summed E-state index contributed by atoms with van der Waals surface area (Å²) in [5, 5.41) is 9.67. The Balaban J connectivity index is 1.55. The van der Waals surface area contributed by atoms with Crippen LogP contribution in [0.4, 0.5) is 11.4 Å². The van der Waals surface area contributed by atoms with E-state index in [1.807, 2.05) is 44.2 Å². The molecule has 9 nitrogen and oxygen atoms in total. The molecule has 252 valence electrons. The van der Waals surface area contributed by atoms with Crippen molar-refractivity contribution in [3.63, 3.8) is 0 Å². The predicted octanol–water partition coefficient (Wildman–Crippen LogP) is 5.79. The number of unbranched alkanes of at least 4 members (excludes halogenated alkanes) is 3. The Bertz CT molecular complexity index is 1480. The van der Waals surface area contributed by atoms with Crippen LogP contribution in [0, 0.1) is 11.8 Å². The van der Waals surface area contributed by atoms with Gasteiger partial charge in [0.15, 0.2) is 0 Å². The molecule has 1 N–H and O–H groups in total. The minimum Gasteiger partial charge on any atom is -0.494 e. The van der Waals surface area contributed by atoms with Crippen molar-refractivity contribution in [1.29, 1.82) is 0 Å². The van der Waals surface area contributed by atoms with Crippen molar-refractivity contribution in [3.05, 3.63) is 78.9 Å². The molecule has 5 rings (SSSR count). The zero-order valence-corrected chi connectivity index (χ0v) is 28.2. The number of halogens is 1. The third kappa shape index (κ3) is 6.33. The zero-order valence-electron chi connectivity index (χ0n) is 27.4. The lowest BCUT2D eigenvalue weighted by Gasteiger charge is -2.37. The number of hydrogen-bond donors (Lipinski definition) is 1. The first-order chi connectivity index (χ1) is 22.7. The maximum Gasteiger partial charge on any atom is 0.253 e. The normalized spacial score (nSPS) is 25.8. The highest BCUT2D eigenvalue weighted by molar-refractivity contribution is 6.34. The van der Waals surface area contributed by atoms with Gasteiger partial charge in [-0.15, -0.1) is 13.2 Å². The summed E-state index contributed by atoms with van der Waals surface area (Å²) in [7, 11) is 0. The Labute approximate surface area is 282 Å². The molecule has 0 saturated carbocycles. The summed E-state index contributed by atoms with van der Waals surface area (Å²) in [5.74, 6) is -1.74. The molecule has 2 aromatic rings. The first-order valence-electron chi connectivity index (χ1n) is 16.6. The fourth-order valence-corrected chi connectivity index (χ4v) is 8.07. The van der Waals surface area contributed by atoms with Crippen molar-refractivity contribution in [3.8, 4) is 5.75 Å². The van der Waals surface area contributed by atoms with E-state index in [1.54, 1.807) is 45.1 Å². The summed E-state index contributed by atoms with van der Waals surface area (Å²) in [5.41, 5.74) is -0.948. The minimum atomic E-state index is -1.19. The van der Waals surface area contributed by atoms with Gasteiger partial charge in [0.2, 0.25) is 11.8 Å². The molecule has 3 heterocycles. The Morgan fingerprint density at radius 2 is 1.70 bits per heavy atom. The maximum absolute atomic E-state index is 14.8. The average Bonchev–Trinajstić information content (AvgIpc) is 3.63. The summed E-state index contributed by atoms with van der Waals surface area (Å²) in [4.78, 5) is 49.0. The van der Waals surface area contributed by atoms with Gasteiger partial charge < -0.3 is 29.3 Å². The fraction of sp³-hybridized carbons (Fsp3) is 0.486. The summed E-state index contributed by atoms with van der Waals surface area (Å²) in [6.45, 7) is 13.0. The van der Waals surface area contributed by atoms with E-state index in [2.05, 4.69) is 13.2 Å². The van der Waals surface area contributed by atoms with Crippen LogP contribution >= 0.6 is 11.6 Å². The van der Waals surface area contributed by atoms with E-state index in [1.165, 1.54) is 0 Å². The van der Waals surface area contributed by atoms with E-state index in [0.29, 0.717) is 61.0 Å². The van der Waals surface area contributed by atoms with Gasteiger partial charge in [0.1, 0.15) is 17.4 Å². The van der Waals surface area contributed by atoms with Crippen molar-refractivity contribution in [2.45, 2.75) is 69.6 Å². The van der Waals surface area contributed by atoms with Crippen molar-refractivity contribution in [2.75, 3.05) is 42.6 Å². The van der Waals surface area contributed by atoms with Crippen molar-refractivity contribution >= 4 is 40.7 Å². The number of ether oxygens (including phenoxy) is 2. The number of carbonyl (C=O) groups excluding carboxylic acids is 3. The van der Waals surface area contributed by atoms with Gasteiger partial charge in [0.05, 0.1) is 34.8 Å². The van der Waals surface area contributed by atoms with Gasteiger partial charge in [-0.1, -0.05) is 48.7 Å². The number of benzene rings is 2. The van der Waals surface area contributed by atoms with Crippen LogP contribution < -0.4 is 14.5 Å². The number of anilines is 2. The molecule has 3 amide bonds. The lowest BCUT2D eigenvalue weighted by Crippen LogP contribution is -2.56. The van der Waals surface area contributed by atoms with Gasteiger partial charge in [0, 0.05) is 31.9 Å². The topological polar surface area (TPSA) is 99.6 Å². The molecule has 2 aromatic carbocycles. The number of aliphatic hydroxyl groups excluding tert-OH is 1. The molecule has 0 radical (unpaired) electrons. The lowest BCUT2D eigenvalue weighted by molar-refractivity contribution is -0.144. The minimum absolute atomic E-state index is 0.106. The van der Waals surface area contributed by atoms with E-state index in [4.69, 9.17) is 21.1 Å². The second-order valence-corrected chi connectivity index (χ2v) is 13.2. The largest absolute Gasteiger partial charge is 0.494 e. The summed E-state index contributed by atoms with van der Waals surface area (Å²) < 4.78 is 12.5. The molecule has 47 heavy (non-hydrogen) atoms. The molecule has 2 unspecified atom stereocenters. The number of nitrogens with zero attached hydrogens (tertiary/aromatic N) is 3. The third-order valence-electron chi connectivity index (χ3n) is 9.84. The Hall–Kier alpha value is -3.66. The van der Waals surface area contributed by atoms with Crippen LogP contribution in [0.5, 0.6) is 5.75 Å². The third-order valence-corrected chi connectivity index (χ3v) is 10.2. The lowest BCUT2D eigenvalue weighted by atomic mass is 9.66. The number of aliphatic hydroxyl groups is 1. The molecule has 3 aliphatic heterocycles. The summed E-state index contributed by atoms with van der Waals surface area (Å²) >= 11 is 6.60. The number of fused-ring (bicyclic) bond motifs is 1. The summed E-state index contributed by atoms with van der Waals surface area (Å²) in [6, 6.07) is 13.5. The van der Waals surface area contributed by atoms with E-state index in [0.717, 1.165) is 12.8 Å². The standard InChI is InChI=1S/C37H46ClN3O6/c1-5-22-39(26-16-18-27(19-17-26)46-7-3)33(43)30-31-34(44)41(24-12-8-9-13-25-42)32(37(31)21-20-36(30,4)47-37)35(45)40(23-6-2)29-15-11-10-14-28(29)38/h5-6,10-11,14-19,30-32,42H,1-2,7-9,12-13,20-25H2,3-4H3/t30-,31+,32?,36+,37?/m1/s1. The van der Waals surface area contributed by atoms with Crippen molar-refractivity contribution in [2.24, 2.45) is 11.8 Å². The van der Waals surface area contributed by atoms with Gasteiger partial charge in [-0.3, -0.25) is 14.4 Å². The monoisotopic (exact) mass is 663 g/mol. The van der Waals surface area contributed by atoms with Crippen LogP contribution in [0.1, 0.15) is 52.4 Å².